The van der Waals surface area contributed by atoms with Crippen LogP contribution in [0.25, 0.3) is 0 Å². The number of hydrogen-bond acceptors (Lipinski definition) is 5. The third kappa shape index (κ3) is 4.77. The van der Waals surface area contributed by atoms with Crippen LogP contribution in [0.15, 0.2) is 12.4 Å². The van der Waals surface area contributed by atoms with E-state index >= 15 is 0 Å². The van der Waals surface area contributed by atoms with E-state index in [-0.39, 0.29) is 18.6 Å². The summed E-state index contributed by atoms with van der Waals surface area (Å²) >= 11 is 0. The first-order chi connectivity index (χ1) is 9.60. The molecular formula is C14H24N4O2. The zero-order valence-corrected chi connectivity index (χ0v) is 12.5. The average Bonchev–Trinajstić information content (AvgIpc) is 2.45. The molecule has 6 heteroatoms. The van der Waals surface area contributed by atoms with Gasteiger partial charge in [0, 0.05) is 25.7 Å². The highest BCUT2D eigenvalue weighted by atomic mass is 16.3. The molecule has 1 rings (SSSR count). The van der Waals surface area contributed by atoms with Gasteiger partial charge in [-0.05, 0) is 26.7 Å². The van der Waals surface area contributed by atoms with E-state index in [2.05, 4.69) is 22.2 Å². The Bertz CT molecular complexity index is 406. The van der Waals surface area contributed by atoms with Crippen molar-refractivity contribution in [2.45, 2.75) is 39.7 Å². The Labute approximate surface area is 120 Å². The van der Waals surface area contributed by atoms with Gasteiger partial charge >= 0.3 is 0 Å². The molecule has 20 heavy (non-hydrogen) atoms. The number of aliphatic hydroxyl groups is 1. The SMILES string of the molecule is CCCNc1cnc(C(=O)N(CCCO)C(C)C)cn1. The summed E-state index contributed by atoms with van der Waals surface area (Å²) < 4.78 is 0. The highest BCUT2D eigenvalue weighted by Crippen LogP contribution is 2.08. The van der Waals surface area contributed by atoms with Crippen molar-refractivity contribution < 1.29 is 9.90 Å². The third-order valence-corrected chi connectivity index (χ3v) is 2.87. The number of anilines is 1. The molecule has 0 aliphatic carbocycles. The van der Waals surface area contributed by atoms with E-state index < -0.39 is 0 Å². The molecule has 1 heterocycles. The van der Waals surface area contributed by atoms with Crippen molar-refractivity contribution in [2.24, 2.45) is 0 Å². The predicted molar refractivity (Wildman–Crippen MR) is 78.7 cm³/mol. The topological polar surface area (TPSA) is 78.4 Å². The molecule has 112 valence electrons. The summed E-state index contributed by atoms with van der Waals surface area (Å²) in [5.41, 5.74) is 0.332. The Morgan fingerprint density at radius 3 is 2.65 bits per heavy atom. The highest BCUT2D eigenvalue weighted by molar-refractivity contribution is 5.92. The van der Waals surface area contributed by atoms with E-state index in [0.717, 1.165) is 13.0 Å². The van der Waals surface area contributed by atoms with Crippen LogP contribution in [-0.4, -0.2) is 51.6 Å². The first kappa shape index (κ1) is 16.4. The molecule has 0 aliphatic heterocycles. The second-order valence-electron chi connectivity index (χ2n) is 4.88. The third-order valence-electron chi connectivity index (χ3n) is 2.87. The maximum atomic E-state index is 12.3. The van der Waals surface area contributed by atoms with Crippen LogP contribution >= 0.6 is 0 Å². The van der Waals surface area contributed by atoms with Crippen molar-refractivity contribution in [3.63, 3.8) is 0 Å². The number of nitrogens with one attached hydrogen (secondary N) is 1. The second-order valence-corrected chi connectivity index (χ2v) is 4.88. The Balaban J connectivity index is 2.73. The molecule has 0 fully saturated rings. The average molecular weight is 280 g/mol. The Morgan fingerprint density at radius 1 is 1.40 bits per heavy atom. The van der Waals surface area contributed by atoms with Crippen molar-refractivity contribution in [3.05, 3.63) is 18.1 Å². The quantitative estimate of drug-likeness (QED) is 0.755. The Hall–Kier alpha value is -1.69. The Kier molecular flexibility index (Phi) is 6.93. The number of hydrogen-bond donors (Lipinski definition) is 2. The van der Waals surface area contributed by atoms with Gasteiger partial charge in [-0.2, -0.15) is 0 Å². The van der Waals surface area contributed by atoms with Crippen LogP contribution in [0.3, 0.4) is 0 Å². The van der Waals surface area contributed by atoms with Crippen molar-refractivity contribution >= 4 is 11.7 Å². The van der Waals surface area contributed by atoms with Crippen LogP contribution < -0.4 is 5.32 Å². The van der Waals surface area contributed by atoms with Gasteiger partial charge in [-0.25, -0.2) is 9.97 Å². The summed E-state index contributed by atoms with van der Waals surface area (Å²) in [4.78, 5) is 22.4. The zero-order chi connectivity index (χ0) is 15.0. The van der Waals surface area contributed by atoms with Gasteiger partial charge in [0.1, 0.15) is 11.5 Å². The summed E-state index contributed by atoms with van der Waals surface area (Å²) in [6, 6.07) is 0.0637. The normalized spacial score (nSPS) is 10.7. The molecule has 2 N–H and O–H groups in total. The first-order valence-electron chi connectivity index (χ1n) is 7.07. The molecule has 0 spiro atoms. The summed E-state index contributed by atoms with van der Waals surface area (Å²) in [5, 5.41) is 12.0. The molecule has 1 amide bonds. The molecule has 0 saturated heterocycles. The van der Waals surface area contributed by atoms with Gasteiger partial charge < -0.3 is 15.3 Å². The predicted octanol–water partition coefficient (Wildman–Crippen LogP) is 1.53. The zero-order valence-electron chi connectivity index (χ0n) is 12.5. The lowest BCUT2D eigenvalue weighted by molar-refractivity contribution is 0.0686. The van der Waals surface area contributed by atoms with Crippen LogP contribution in [0.5, 0.6) is 0 Å². The molecule has 0 aliphatic rings. The number of carbonyl (C=O) groups is 1. The molecule has 0 aromatic carbocycles. The molecule has 0 unspecified atom stereocenters. The maximum Gasteiger partial charge on any atom is 0.274 e. The second kappa shape index (κ2) is 8.47. The van der Waals surface area contributed by atoms with Gasteiger partial charge in [-0.15, -0.1) is 0 Å². The fourth-order valence-corrected chi connectivity index (χ4v) is 1.77. The summed E-state index contributed by atoms with van der Waals surface area (Å²) in [6.07, 6.45) is 4.64. The molecule has 0 saturated carbocycles. The first-order valence-corrected chi connectivity index (χ1v) is 7.07. The van der Waals surface area contributed by atoms with Crippen molar-refractivity contribution in [2.75, 3.05) is 25.0 Å². The number of nitrogens with zero attached hydrogens (tertiary/aromatic N) is 3. The summed E-state index contributed by atoms with van der Waals surface area (Å²) in [5.74, 6) is 0.526. The molecule has 0 bridgehead atoms. The van der Waals surface area contributed by atoms with Gasteiger partial charge in [-0.1, -0.05) is 6.92 Å². The van der Waals surface area contributed by atoms with Gasteiger partial charge in [0.15, 0.2) is 0 Å². The van der Waals surface area contributed by atoms with E-state index in [1.807, 2.05) is 13.8 Å². The lowest BCUT2D eigenvalue weighted by atomic mass is 10.2. The van der Waals surface area contributed by atoms with Crippen LogP contribution in [0.4, 0.5) is 5.82 Å². The van der Waals surface area contributed by atoms with Crippen molar-refractivity contribution in [3.8, 4) is 0 Å². The summed E-state index contributed by atoms with van der Waals surface area (Å²) in [6.45, 7) is 7.38. The van der Waals surface area contributed by atoms with E-state index in [0.29, 0.717) is 24.5 Å². The van der Waals surface area contributed by atoms with Gasteiger partial charge in [-0.3, -0.25) is 4.79 Å². The van der Waals surface area contributed by atoms with E-state index in [1.54, 1.807) is 11.1 Å². The number of rotatable bonds is 8. The molecular weight excluding hydrogens is 256 g/mol. The number of carbonyl (C=O) groups excluding carboxylic acids is 1. The van der Waals surface area contributed by atoms with Crippen LogP contribution in [0.2, 0.25) is 0 Å². The van der Waals surface area contributed by atoms with Crippen LogP contribution in [-0.2, 0) is 0 Å². The fraction of sp³-hybridized carbons (Fsp3) is 0.643. The van der Waals surface area contributed by atoms with E-state index in [1.165, 1.54) is 6.20 Å². The number of aromatic nitrogens is 2. The lowest BCUT2D eigenvalue weighted by Gasteiger charge is -2.26. The Morgan fingerprint density at radius 2 is 2.15 bits per heavy atom. The van der Waals surface area contributed by atoms with Crippen molar-refractivity contribution in [1.82, 2.24) is 14.9 Å². The van der Waals surface area contributed by atoms with Crippen LogP contribution in [0, 0.1) is 0 Å². The maximum absolute atomic E-state index is 12.3. The highest BCUT2D eigenvalue weighted by Gasteiger charge is 2.19. The van der Waals surface area contributed by atoms with Gasteiger partial charge in [0.05, 0.1) is 12.4 Å². The minimum absolute atomic E-state index is 0.0637. The molecule has 0 radical (unpaired) electrons. The van der Waals surface area contributed by atoms with E-state index in [4.69, 9.17) is 5.11 Å². The minimum atomic E-state index is -0.150. The standard InChI is InChI=1S/C14H24N4O2/c1-4-6-15-13-10-16-12(9-17-13)14(20)18(11(2)3)7-5-8-19/h9-11,19H,4-8H2,1-3H3,(H,15,17). The molecule has 1 aromatic rings. The summed E-state index contributed by atoms with van der Waals surface area (Å²) in [7, 11) is 0. The van der Waals surface area contributed by atoms with Gasteiger partial charge in [0.2, 0.25) is 0 Å². The van der Waals surface area contributed by atoms with E-state index in [9.17, 15) is 4.79 Å². The van der Waals surface area contributed by atoms with Crippen molar-refractivity contribution in [1.29, 1.82) is 0 Å². The van der Waals surface area contributed by atoms with Crippen LogP contribution in [0.1, 0.15) is 44.1 Å². The minimum Gasteiger partial charge on any atom is -0.396 e. The molecule has 1 aromatic heterocycles. The molecule has 6 nitrogen and oxygen atoms in total. The lowest BCUT2D eigenvalue weighted by Crippen LogP contribution is -2.38. The monoisotopic (exact) mass is 280 g/mol. The molecule has 0 atom stereocenters. The smallest absolute Gasteiger partial charge is 0.274 e. The fourth-order valence-electron chi connectivity index (χ4n) is 1.77. The number of aliphatic hydroxyl groups excluding tert-OH is 1. The number of amides is 1. The largest absolute Gasteiger partial charge is 0.396 e. The van der Waals surface area contributed by atoms with Gasteiger partial charge in [0.25, 0.3) is 5.91 Å².